The Hall–Kier alpha value is -1.63. The first-order valence-corrected chi connectivity index (χ1v) is 7.88. The summed E-state index contributed by atoms with van der Waals surface area (Å²) in [6, 6.07) is 0. The van der Waals surface area contributed by atoms with Crippen LogP contribution in [0.2, 0.25) is 0 Å². The van der Waals surface area contributed by atoms with Crippen LogP contribution < -0.4 is 5.32 Å². The molecule has 2 N–H and O–H groups in total. The number of nitrogens with zero attached hydrogens (tertiary/aromatic N) is 2. The maximum atomic E-state index is 12.4. The first-order valence-electron chi connectivity index (χ1n) is 7.00. The third-order valence-electron chi connectivity index (χ3n) is 4.05. The van der Waals surface area contributed by atoms with Crippen molar-refractivity contribution in [1.82, 2.24) is 15.2 Å². The van der Waals surface area contributed by atoms with E-state index in [2.05, 4.69) is 10.3 Å². The van der Waals surface area contributed by atoms with Gasteiger partial charge in [0, 0.05) is 23.5 Å². The van der Waals surface area contributed by atoms with Crippen LogP contribution in [0.3, 0.4) is 0 Å². The van der Waals surface area contributed by atoms with Crippen LogP contribution in [-0.2, 0) is 0 Å². The Kier molecular flexibility index (Phi) is 4.22. The van der Waals surface area contributed by atoms with E-state index in [1.165, 1.54) is 16.2 Å². The lowest BCUT2D eigenvalue weighted by Crippen LogP contribution is -2.70. The summed E-state index contributed by atoms with van der Waals surface area (Å²) >= 11 is 1.25. The fourth-order valence-electron chi connectivity index (χ4n) is 2.91. The molecular formula is C14H21N3O3S. The van der Waals surface area contributed by atoms with Crippen molar-refractivity contribution in [1.29, 1.82) is 0 Å². The van der Waals surface area contributed by atoms with Crippen LogP contribution in [0.15, 0.2) is 11.6 Å². The van der Waals surface area contributed by atoms with Gasteiger partial charge in [-0.15, -0.1) is 11.3 Å². The Labute approximate surface area is 128 Å². The molecule has 2 rings (SSSR count). The summed E-state index contributed by atoms with van der Waals surface area (Å²) in [7, 11) is 0. The molecule has 7 heteroatoms. The summed E-state index contributed by atoms with van der Waals surface area (Å²) < 4.78 is 0. The van der Waals surface area contributed by atoms with Crippen molar-refractivity contribution in [3.63, 3.8) is 0 Å². The van der Waals surface area contributed by atoms with Gasteiger partial charge >= 0.3 is 6.09 Å². The summed E-state index contributed by atoms with van der Waals surface area (Å²) in [5, 5.41) is 14.6. The number of rotatable bonds is 2. The van der Waals surface area contributed by atoms with E-state index in [1.807, 2.05) is 20.8 Å². The third-order valence-corrected chi connectivity index (χ3v) is 4.82. The van der Waals surface area contributed by atoms with Crippen molar-refractivity contribution < 1.29 is 14.7 Å². The predicted octanol–water partition coefficient (Wildman–Crippen LogP) is 2.78. The third kappa shape index (κ3) is 2.88. The molecule has 1 aromatic heterocycles. The highest BCUT2D eigenvalue weighted by atomic mass is 32.1. The Morgan fingerprint density at radius 2 is 2.14 bits per heavy atom. The highest BCUT2D eigenvalue weighted by Crippen LogP contribution is 2.40. The Morgan fingerprint density at radius 3 is 2.67 bits per heavy atom. The first-order chi connectivity index (χ1) is 9.78. The fourth-order valence-corrected chi connectivity index (χ4v) is 3.44. The number of piperidine rings is 1. The topological polar surface area (TPSA) is 82.5 Å². The van der Waals surface area contributed by atoms with Crippen LogP contribution in [0.4, 0.5) is 4.79 Å². The number of hydrogen-bond donors (Lipinski definition) is 2. The van der Waals surface area contributed by atoms with E-state index in [-0.39, 0.29) is 5.91 Å². The van der Waals surface area contributed by atoms with E-state index in [9.17, 15) is 14.7 Å². The van der Waals surface area contributed by atoms with E-state index >= 15 is 0 Å². The van der Waals surface area contributed by atoms with Gasteiger partial charge in [0.1, 0.15) is 5.66 Å². The molecule has 1 aliphatic heterocycles. The second kappa shape index (κ2) is 5.63. The minimum Gasteiger partial charge on any atom is -0.465 e. The quantitative estimate of drug-likeness (QED) is 0.880. The summed E-state index contributed by atoms with van der Waals surface area (Å²) in [4.78, 5) is 29.4. The van der Waals surface area contributed by atoms with Crippen LogP contribution in [0, 0.1) is 5.41 Å². The molecule has 0 radical (unpaired) electrons. The maximum Gasteiger partial charge on any atom is 0.409 e. The van der Waals surface area contributed by atoms with Crippen molar-refractivity contribution in [3.05, 3.63) is 16.6 Å². The smallest absolute Gasteiger partial charge is 0.409 e. The second-order valence-electron chi connectivity index (χ2n) is 6.29. The van der Waals surface area contributed by atoms with Crippen molar-refractivity contribution in [3.8, 4) is 0 Å². The molecule has 0 spiro atoms. The largest absolute Gasteiger partial charge is 0.465 e. The van der Waals surface area contributed by atoms with Gasteiger partial charge in [0.25, 0.3) is 5.91 Å². The molecule has 0 bridgehead atoms. The minimum absolute atomic E-state index is 0.312. The van der Waals surface area contributed by atoms with Crippen LogP contribution in [0.5, 0.6) is 0 Å². The summed E-state index contributed by atoms with van der Waals surface area (Å²) in [6.07, 6.45) is 2.89. The Morgan fingerprint density at radius 1 is 1.43 bits per heavy atom. The van der Waals surface area contributed by atoms with E-state index in [0.717, 1.165) is 12.8 Å². The molecule has 1 aromatic rings. The van der Waals surface area contributed by atoms with Crippen molar-refractivity contribution >= 4 is 23.3 Å². The zero-order valence-electron chi connectivity index (χ0n) is 12.5. The van der Waals surface area contributed by atoms with Crippen molar-refractivity contribution in [2.45, 2.75) is 45.7 Å². The van der Waals surface area contributed by atoms with Gasteiger partial charge in [0.2, 0.25) is 0 Å². The molecule has 1 atom stereocenters. The molecule has 1 fully saturated rings. The van der Waals surface area contributed by atoms with Crippen LogP contribution >= 0.6 is 11.3 Å². The second-order valence-corrected chi connectivity index (χ2v) is 7.19. The highest BCUT2D eigenvalue weighted by molar-refractivity contribution is 7.11. The molecule has 21 heavy (non-hydrogen) atoms. The highest BCUT2D eigenvalue weighted by Gasteiger charge is 2.51. The van der Waals surface area contributed by atoms with E-state index < -0.39 is 17.2 Å². The Bertz CT molecular complexity index is 524. The van der Waals surface area contributed by atoms with Gasteiger partial charge < -0.3 is 10.4 Å². The SMILES string of the molecule is CC(C)(C)[C@@]1(NC(=O)c2nccs2)CCCCN1C(=O)O. The molecule has 2 heterocycles. The van der Waals surface area contributed by atoms with E-state index in [0.29, 0.717) is 18.0 Å². The van der Waals surface area contributed by atoms with Crippen LogP contribution in [0.1, 0.15) is 49.8 Å². The lowest BCUT2D eigenvalue weighted by atomic mass is 9.74. The monoisotopic (exact) mass is 311 g/mol. The van der Waals surface area contributed by atoms with Gasteiger partial charge in [0.05, 0.1) is 0 Å². The molecule has 0 aliphatic carbocycles. The number of carboxylic acid groups (broad SMARTS) is 1. The molecule has 1 aliphatic rings. The van der Waals surface area contributed by atoms with Gasteiger partial charge in [0.15, 0.2) is 5.01 Å². The zero-order valence-corrected chi connectivity index (χ0v) is 13.4. The van der Waals surface area contributed by atoms with Crippen molar-refractivity contribution in [2.24, 2.45) is 5.41 Å². The van der Waals surface area contributed by atoms with Gasteiger partial charge in [-0.1, -0.05) is 20.8 Å². The molecule has 0 aromatic carbocycles. The van der Waals surface area contributed by atoms with Gasteiger partial charge in [-0.05, 0) is 19.3 Å². The van der Waals surface area contributed by atoms with Crippen molar-refractivity contribution in [2.75, 3.05) is 6.54 Å². The molecule has 2 amide bonds. The maximum absolute atomic E-state index is 12.4. The average Bonchev–Trinajstić information content (AvgIpc) is 2.91. The summed E-state index contributed by atoms with van der Waals surface area (Å²) in [5.74, 6) is -0.312. The van der Waals surface area contributed by atoms with E-state index in [1.54, 1.807) is 11.6 Å². The molecule has 0 saturated carbocycles. The molecule has 116 valence electrons. The van der Waals surface area contributed by atoms with Gasteiger partial charge in [-0.25, -0.2) is 9.78 Å². The number of carbonyl (C=O) groups excluding carboxylic acids is 1. The van der Waals surface area contributed by atoms with Crippen LogP contribution in [-0.4, -0.2) is 39.2 Å². The lowest BCUT2D eigenvalue weighted by Gasteiger charge is -2.53. The molecule has 1 saturated heterocycles. The standard InChI is InChI=1S/C14H21N3O3S/c1-13(2,3)14(6-4-5-8-17(14)12(19)20)16-10(18)11-15-7-9-21-11/h7,9H,4-6,8H2,1-3H3,(H,16,18)(H,19,20)/t14-/m1/s1. The Balaban J connectivity index is 2.37. The summed E-state index contributed by atoms with van der Waals surface area (Å²) in [5.41, 5.74) is -1.32. The molecule has 6 nitrogen and oxygen atoms in total. The van der Waals surface area contributed by atoms with Gasteiger partial charge in [-0.2, -0.15) is 0 Å². The summed E-state index contributed by atoms with van der Waals surface area (Å²) in [6.45, 7) is 6.30. The van der Waals surface area contributed by atoms with Crippen LogP contribution in [0.25, 0.3) is 0 Å². The zero-order chi connectivity index (χ0) is 15.7. The number of amides is 2. The predicted molar refractivity (Wildman–Crippen MR) is 80.3 cm³/mol. The lowest BCUT2D eigenvalue weighted by molar-refractivity contribution is -0.0434. The fraction of sp³-hybridized carbons (Fsp3) is 0.643. The van der Waals surface area contributed by atoms with E-state index in [4.69, 9.17) is 0 Å². The number of hydrogen-bond acceptors (Lipinski definition) is 4. The number of nitrogens with one attached hydrogen (secondary N) is 1. The first kappa shape index (κ1) is 15.8. The van der Waals surface area contributed by atoms with Gasteiger partial charge in [-0.3, -0.25) is 9.69 Å². The average molecular weight is 311 g/mol. The number of aromatic nitrogens is 1. The number of thiazole rings is 1. The minimum atomic E-state index is -0.996. The number of carbonyl (C=O) groups is 2. The number of likely N-dealkylation sites (tertiary alicyclic amines) is 1. The molecule has 0 unspecified atom stereocenters. The normalized spacial score (nSPS) is 22.9. The molecular weight excluding hydrogens is 290 g/mol.